The van der Waals surface area contributed by atoms with E-state index in [2.05, 4.69) is 19.8 Å². The van der Waals surface area contributed by atoms with E-state index >= 15 is 0 Å². The quantitative estimate of drug-likeness (QED) is 0.640. The fourth-order valence-electron chi connectivity index (χ4n) is 4.62. The highest BCUT2D eigenvalue weighted by Gasteiger charge is 2.47. The normalized spacial score (nSPS) is 20.1. The summed E-state index contributed by atoms with van der Waals surface area (Å²) < 4.78 is 19.3. The van der Waals surface area contributed by atoms with Crippen LogP contribution in [-0.2, 0) is 34.8 Å². The van der Waals surface area contributed by atoms with Crippen LogP contribution in [-0.4, -0.2) is 46.7 Å². The van der Waals surface area contributed by atoms with Crippen molar-refractivity contribution in [2.24, 2.45) is 0 Å². The molecule has 0 radical (unpaired) electrons. The second kappa shape index (κ2) is 8.80. The summed E-state index contributed by atoms with van der Waals surface area (Å²) in [5.41, 5.74) is 0.475. The Labute approximate surface area is 187 Å². The average molecular weight is 437 g/mol. The lowest BCUT2D eigenvalue weighted by molar-refractivity contribution is -0.174. The van der Waals surface area contributed by atoms with E-state index in [1.165, 1.54) is 0 Å². The van der Waals surface area contributed by atoms with Gasteiger partial charge in [0.05, 0.1) is 26.5 Å². The van der Waals surface area contributed by atoms with Gasteiger partial charge in [-0.3, -0.25) is 9.69 Å². The average Bonchev–Trinajstić information content (AvgIpc) is 3.52. The molecule has 3 aromatic rings. The Morgan fingerprint density at radius 1 is 1.25 bits per heavy atom. The van der Waals surface area contributed by atoms with E-state index in [1.54, 1.807) is 19.6 Å². The number of imidazole rings is 1. The van der Waals surface area contributed by atoms with Gasteiger partial charge in [0, 0.05) is 32.0 Å². The number of amides is 1. The van der Waals surface area contributed by atoms with Crippen molar-refractivity contribution in [3.63, 3.8) is 0 Å². The van der Waals surface area contributed by atoms with Crippen LogP contribution in [0.4, 0.5) is 0 Å². The van der Waals surface area contributed by atoms with E-state index in [0.29, 0.717) is 13.1 Å². The van der Waals surface area contributed by atoms with Gasteiger partial charge in [-0.2, -0.15) is 0 Å². The zero-order chi connectivity index (χ0) is 22.0. The molecular formula is C24H28N4O4. The number of rotatable bonds is 6. The maximum Gasteiger partial charge on any atom is 0.251 e. The zero-order valence-corrected chi connectivity index (χ0v) is 18.2. The maximum atomic E-state index is 13.0. The summed E-state index contributed by atoms with van der Waals surface area (Å²) in [6.45, 7) is 3.41. The molecule has 1 aromatic carbocycles. The Morgan fingerprint density at radius 2 is 2.06 bits per heavy atom. The predicted molar refractivity (Wildman–Crippen MR) is 117 cm³/mol. The van der Waals surface area contributed by atoms with E-state index in [9.17, 15) is 4.79 Å². The number of likely N-dealkylation sites (tertiary alicyclic amines) is 1. The lowest BCUT2D eigenvalue weighted by atomic mass is 9.88. The number of fused-ring (bicyclic) bond motifs is 2. The predicted octanol–water partition coefficient (Wildman–Crippen LogP) is 2.69. The molecule has 5 rings (SSSR count). The smallest absolute Gasteiger partial charge is 0.251 e. The van der Waals surface area contributed by atoms with Gasteiger partial charge in [0.1, 0.15) is 22.9 Å². The molecule has 1 atom stereocenters. The number of hydrogen-bond acceptors (Lipinski definition) is 6. The van der Waals surface area contributed by atoms with Crippen LogP contribution in [0.3, 0.4) is 0 Å². The Morgan fingerprint density at radius 3 is 2.78 bits per heavy atom. The van der Waals surface area contributed by atoms with Gasteiger partial charge in [-0.15, -0.1) is 0 Å². The second-order valence-electron chi connectivity index (χ2n) is 8.43. The molecule has 8 nitrogen and oxygen atoms in total. The minimum atomic E-state index is -0.549. The van der Waals surface area contributed by atoms with E-state index in [1.807, 2.05) is 42.6 Å². The van der Waals surface area contributed by atoms with Crippen LogP contribution in [0, 0.1) is 0 Å². The third kappa shape index (κ3) is 4.16. The number of nitrogens with one attached hydrogen (secondary N) is 1. The zero-order valence-electron chi connectivity index (χ0n) is 18.2. The number of nitrogens with zero attached hydrogens (tertiary/aromatic N) is 3. The van der Waals surface area contributed by atoms with E-state index in [-0.39, 0.29) is 5.91 Å². The molecule has 168 valence electrons. The number of aromatic nitrogens is 2. The number of hydrogen-bond donors (Lipinski definition) is 1. The maximum absolute atomic E-state index is 13.0. The van der Waals surface area contributed by atoms with Gasteiger partial charge in [0.25, 0.3) is 5.91 Å². The molecule has 1 N–H and O–H groups in total. The molecule has 0 aliphatic carbocycles. The summed E-state index contributed by atoms with van der Waals surface area (Å²) >= 11 is 0. The number of carbonyl (C=O) groups is 1. The topological polar surface area (TPSA) is 81.8 Å². The SMILES string of the molecule is COc1ccc(CNC(=O)[C@H]2Cn3ccnc3C3(CCN(Cc4ccco4)CC3)O2)cc1. The van der Waals surface area contributed by atoms with Gasteiger partial charge in [-0.05, 0) is 42.7 Å². The summed E-state index contributed by atoms with van der Waals surface area (Å²) in [6, 6.07) is 11.6. The first-order valence-corrected chi connectivity index (χ1v) is 11.0. The molecule has 8 heteroatoms. The van der Waals surface area contributed by atoms with Crippen LogP contribution in [0.5, 0.6) is 5.75 Å². The fraction of sp³-hybridized carbons (Fsp3) is 0.417. The first kappa shape index (κ1) is 20.8. The highest BCUT2D eigenvalue weighted by molar-refractivity contribution is 5.81. The van der Waals surface area contributed by atoms with Gasteiger partial charge >= 0.3 is 0 Å². The number of furan rings is 1. The molecule has 1 saturated heterocycles. The molecule has 1 fully saturated rings. The Bertz CT molecular complexity index is 1040. The Kier molecular flexibility index (Phi) is 5.71. The van der Waals surface area contributed by atoms with Crippen molar-refractivity contribution in [3.8, 4) is 5.75 Å². The molecule has 2 aliphatic rings. The summed E-state index contributed by atoms with van der Waals surface area (Å²) in [6.07, 6.45) is 6.47. The largest absolute Gasteiger partial charge is 0.497 e. The molecule has 32 heavy (non-hydrogen) atoms. The van der Waals surface area contributed by atoms with Crippen LogP contribution < -0.4 is 10.1 Å². The molecule has 0 bridgehead atoms. The third-order valence-corrected chi connectivity index (χ3v) is 6.39. The van der Waals surface area contributed by atoms with E-state index in [0.717, 1.165) is 55.4 Å². The van der Waals surface area contributed by atoms with Crippen molar-refractivity contribution in [1.82, 2.24) is 19.8 Å². The van der Waals surface area contributed by atoms with Crippen LogP contribution in [0.1, 0.15) is 30.0 Å². The van der Waals surface area contributed by atoms with Crippen LogP contribution in [0.2, 0.25) is 0 Å². The fourth-order valence-corrected chi connectivity index (χ4v) is 4.62. The molecule has 1 spiro atoms. The first-order valence-electron chi connectivity index (χ1n) is 11.0. The lowest BCUT2D eigenvalue weighted by Gasteiger charge is -2.45. The van der Waals surface area contributed by atoms with E-state index in [4.69, 9.17) is 13.9 Å². The molecule has 2 aliphatic heterocycles. The molecule has 1 amide bonds. The highest BCUT2D eigenvalue weighted by atomic mass is 16.5. The van der Waals surface area contributed by atoms with Crippen molar-refractivity contribution < 1.29 is 18.7 Å². The number of piperidine rings is 1. The summed E-state index contributed by atoms with van der Waals surface area (Å²) in [5, 5.41) is 3.03. The monoisotopic (exact) mass is 436 g/mol. The van der Waals surface area contributed by atoms with Gasteiger partial charge in [-0.1, -0.05) is 12.1 Å². The number of ether oxygens (including phenoxy) is 2. The minimum absolute atomic E-state index is 0.0995. The van der Waals surface area contributed by atoms with Crippen molar-refractivity contribution >= 4 is 5.91 Å². The van der Waals surface area contributed by atoms with Crippen molar-refractivity contribution in [2.75, 3.05) is 20.2 Å². The van der Waals surface area contributed by atoms with Crippen LogP contribution >= 0.6 is 0 Å². The summed E-state index contributed by atoms with van der Waals surface area (Å²) in [7, 11) is 1.64. The first-order chi connectivity index (χ1) is 15.6. The Hall–Kier alpha value is -3.10. The standard InChI is InChI=1S/C24H28N4O4/c1-30-19-6-4-18(5-7-19)15-26-22(29)21-17-28-13-10-25-23(28)24(32-21)8-11-27(12-9-24)16-20-3-2-14-31-20/h2-7,10,13-14,21H,8-9,11-12,15-17H2,1H3,(H,26,29)/t21-/m1/s1. The van der Waals surface area contributed by atoms with Gasteiger partial charge < -0.3 is 23.8 Å². The Balaban J connectivity index is 1.24. The minimum Gasteiger partial charge on any atom is -0.497 e. The molecule has 0 saturated carbocycles. The number of carbonyl (C=O) groups excluding carboxylic acids is 1. The van der Waals surface area contributed by atoms with Gasteiger partial charge in [0.2, 0.25) is 0 Å². The second-order valence-corrected chi connectivity index (χ2v) is 8.43. The van der Waals surface area contributed by atoms with Crippen LogP contribution in [0.25, 0.3) is 0 Å². The van der Waals surface area contributed by atoms with E-state index < -0.39 is 11.7 Å². The molecule has 0 unspecified atom stereocenters. The molecule has 4 heterocycles. The third-order valence-electron chi connectivity index (χ3n) is 6.39. The van der Waals surface area contributed by atoms with Gasteiger partial charge in [0.15, 0.2) is 6.10 Å². The van der Waals surface area contributed by atoms with Crippen molar-refractivity contribution in [2.45, 2.75) is 44.2 Å². The summed E-state index contributed by atoms with van der Waals surface area (Å²) in [5.74, 6) is 2.58. The number of benzene rings is 1. The van der Waals surface area contributed by atoms with Crippen LogP contribution in [0.15, 0.2) is 59.5 Å². The molecule has 2 aromatic heterocycles. The van der Waals surface area contributed by atoms with Crippen molar-refractivity contribution in [3.05, 3.63) is 72.2 Å². The number of methoxy groups -OCH3 is 1. The lowest BCUT2D eigenvalue weighted by Crippen LogP contribution is -2.53. The highest BCUT2D eigenvalue weighted by Crippen LogP contribution is 2.40. The summed E-state index contributed by atoms with van der Waals surface area (Å²) in [4.78, 5) is 20.0. The van der Waals surface area contributed by atoms with Gasteiger partial charge in [-0.25, -0.2) is 4.98 Å². The van der Waals surface area contributed by atoms with Crippen molar-refractivity contribution in [1.29, 1.82) is 0 Å². The molecular weight excluding hydrogens is 408 g/mol.